The molecule has 7 aromatic rings. The molecule has 0 saturated carbocycles. The summed E-state index contributed by atoms with van der Waals surface area (Å²) in [6.07, 6.45) is 0. The first-order valence-corrected chi connectivity index (χ1v) is 13.7. The molecule has 0 spiro atoms. The summed E-state index contributed by atoms with van der Waals surface area (Å²) in [6.45, 7) is 0. The van der Waals surface area contributed by atoms with Crippen LogP contribution in [0.25, 0.3) is 60.6 Å². The van der Waals surface area contributed by atoms with Gasteiger partial charge in [-0.25, -0.2) is 0 Å². The van der Waals surface area contributed by atoms with Gasteiger partial charge in [-0.2, -0.15) is 21.6 Å². The first-order valence-electron chi connectivity index (χ1n) is 12.3. The Kier molecular flexibility index (Phi) is 5.24. The molecule has 5 aromatic carbocycles. The second kappa shape index (κ2) is 8.62. The number of furan rings is 1. The van der Waals surface area contributed by atoms with Crippen molar-refractivity contribution in [2.24, 2.45) is 0 Å². The van der Waals surface area contributed by atoms with Gasteiger partial charge in [0.25, 0.3) is 0 Å². The Hall–Kier alpha value is -4.76. The molecule has 0 N–H and O–H groups in total. The van der Waals surface area contributed by atoms with Crippen LogP contribution in [0.3, 0.4) is 0 Å². The van der Waals surface area contributed by atoms with Gasteiger partial charge in [0, 0.05) is 38.9 Å². The molecule has 0 amide bonds. The predicted molar refractivity (Wildman–Crippen MR) is 149 cm³/mol. The normalized spacial score (nSPS) is 12.6. The Bertz CT molecular complexity index is 2200. The Morgan fingerprint density at radius 2 is 1.32 bits per heavy atom. The van der Waals surface area contributed by atoms with Gasteiger partial charge < -0.3 is 13.2 Å². The van der Waals surface area contributed by atoms with E-state index in [1.165, 1.54) is 6.07 Å². The first kappa shape index (κ1) is 24.3. The number of para-hydroxylation sites is 3. The summed E-state index contributed by atoms with van der Waals surface area (Å²) < 4.78 is 77.6. The monoisotopic (exact) mass is 557 g/mol. The average molecular weight is 558 g/mol. The van der Waals surface area contributed by atoms with Crippen molar-refractivity contribution in [3.8, 4) is 22.6 Å². The summed E-state index contributed by atoms with van der Waals surface area (Å²) in [5, 5.41) is 3.14. The van der Waals surface area contributed by atoms with Gasteiger partial charge >= 0.3 is 15.6 Å². The molecule has 9 heteroatoms. The maximum atomic E-state index is 13.5. The van der Waals surface area contributed by atoms with E-state index in [1.54, 1.807) is 24.3 Å². The van der Waals surface area contributed by atoms with Crippen LogP contribution in [0.5, 0.6) is 5.75 Å². The fraction of sp³-hybridized carbons (Fsp3) is 0.0323. The molecule has 5 nitrogen and oxygen atoms in total. The molecule has 0 radical (unpaired) electrons. The molecular formula is C31H18F3NO4S. The highest BCUT2D eigenvalue weighted by Gasteiger charge is 2.49. The van der Waals surface area contributed by atoms with E-state index in [4.69, 9.17) is 8.60 Å². The summed E-state index contributed by atoms with van der Waals surface area (Å²) in [7, 11) is -5.95. The summed E-state index contributed by atoms with van der Waals surface area (Å²) in [5.41, 5.74) is -1.61. The SMILES string of the molecule is O=S(=O)(Oc1cc2c(cc1-c1ccc3oc4ccccc4c3c1)c1ccccc1n2-c1ccccc1)C(F)(F)F. The lowest BCUT2D eigenvalue weighted by molar-refractivity contribution is -0.0499. The Morgan fingerprint density at radius 1 is 0.650 bits per heavy atom. The number of nitrogens with zero attached hydrogens (tertiary/aromatic N) is 1. The largest absolute Gasteiger partial charge is 0.534 e. The fourth-order valence-electron chi connectivity index (χ4n) is 5.20. The van der Waals surface area contributed by atoms with E-state index in [0.29, 0.717) is 22.2 Å². The second-order valence-corrected chi connectivity index (χ2v) is 10.9. The molecule has 0 aliphatic rings. The highest BCUT2D eigenvalue weighted by Crippen LogP contribution is 2.43. The van der Waals surface area contributed by atoms with Gasteiger partial charge in [-0.15, -0.1) is 0 Å². The third-order valence-corrected chi connectivity index (χ3v) is 7.92. The van der Waals surface area contributed by atoms with Crippen LogP contribution in [-0.4, -0.2) is 18.5 Å². The van der Waals surface area contributed by atoms with Gasteiger partial charge in [0.1, 0.15) is 11.2 Å². The maximum absolute atomic E-state index is 13.5. The zero-order valence-corrected chi connectivity index (χ0v) is 21.3. The number of fused-ring (bicyclic) bond motifs is 6. The molecule has 0 aliphatic heterocycles. The van der Waals surface area contributed by atoms with E-state index in [0.717, 1.165) is 32.7 Å². The van der Waals surface area contributed by atoms with Crippen molar-refractivity contribution in [3.63, 3.8) is 0 Å². The Balaban J connectivity index is 1.56. The molecule has 40 heavy (non-hydrogen) atoms. The molecular weight excluding hydrogens is 539 g/mol. The number of rotatable bonds is 4. The van der Waals surface area contributed by atoms with E-state index in [9.17, 15) is 21.6 Å². The lowest BCUT2D eigenvalue weighted by Crippen LogP contribution is -2.28. The molecule has 7 rings (SSSR count). The van der Waals surface area contributed by atoms with Crippen LogP contribution in [-0.2, 0) is 10.1 Å². The van der Waals surface area contributed by atoms with Crippen molar-refractivity contribution in [2.75, 3.05) is 0 Å². The summed E-state index contributed by atoms with van der Waals surface area (Å²) in [6, 6.07) is 32.5. The summed E-state index contributed by atoms with van der Waals surface area (Å²) >= 11 is 0. The maximum Gasteiger partial charge on any atom is 0.534 e. The van der Waals surface area contributed by atoms with Gasteiger partial charge in [-0.1, -0.05) is 60.7 Å². The summed E-state index contributed by atoms with van der Waals surface area (Å²) in [4.78, 5) is 0. The lowest BCUT2D eigenvalue weighted by Gasteiger charge is -2.15. The molecule has 2 heterocycles. The van der Waals surface area contributed by atoms with Crippen molar-refractivity contribution >= 4 is 53.9 Å². The molecule has 0 bridgehead atoms. The number of aromatic nitrogens is 1. The predicted octanol–water partition coefficient (Wildman–Crippen LogP) is 8.58. The highest BCUT2D eigenvalue weighted by atomic mass is 32.2. The van der Waals surface area contributed by atoms with Crippen LogP contribution in [0.2, 0.25) is 0 Å². The zero-order chi connectivity index (χ0) is 27.6. The number of halogens is 3. The third-order valence-electron chi connectivity index (χ3n) is 6.96. The quantitative estimate of drug-likeness (QED) is 0.161. The van der Waals surface area contributed by atoms with Gasteiger partial charge in [-0.3, -0.25) is 0 Å². The highest BCUT2D eigenvalue weighted by molar-refractivity contribution is 7.88. The second-order valence-electron chi connectivity index (χ2n) is 9.35. The number of hydrogen-bond acceptors (Lipinski definition) is 4. The molecule has 2 aromatic heterocycles. The standard InChI is InChI=1S/C31H18F3NO4S/c32-31(33,34)40(36,37)39-30-18-27-24(21-10-4-6-12-26(21)35(27)20-8-2-1-3-9-20)17-23(30)19-14-15-29-25(16-19)22-11-5-7-13-28(22)38-29/h1-18H. The molecule has 0 aliphatic carbocycles. The van der Waals surface area contributed by atoms with Crippen molar-refractivity contribution < 1.29 is 30.2 Å². The van der Waals surface area contributed by atoms with Crippen LogP contribution in [0.4, 0.5) is 13.2 Å². The smallest absolute Gasteiger partial charge is 0.456 e. The summed E-state index contributed by atoms with van der Waals surface area (Å²) in [5.74, 6) is -0.433. The van der Waals surface area contributed by atoms with Crippen LogP contribution >= 0.6 is 0 Å². The van der Waals surface area contributed by atoms with Crippen LogP contribution in [0, 0.1) is 0 Å². The fourth-order valence-corrected chi connectivity index (χ4v) is 5.67. The minimum Gasteiger partial charge on any atom is -0.456 e. The Morgan fingerprint density at radius 3 is 2.10 bits per heavy atom. The van der Waals surface area contributed by atoms with Crippen LogP contribution in [0.1, 0.15) is 0 Å². The van der Waals surface area contributed by atoms with Crippen molar-refractivity contribution in [2.45, 2.75) is 5.51 Å². The molecule has 0 unspecified atom stereocenters. The van der Waals surface area contributed by atoms with Gasteiger partial charge in [-0.05, 0) is 48.0 Å². The third kappa shape index (κ3) is 3.73. The topological polar surface area (TPSA) is 61.4 Å². The molecule has 0 fully saturated rings. The number of benzene rings is 5. The van der Waals surface area contributed by atoms with Crippen molar-refractivity contribution in [3.05, 3.63) is 109 Å². The minimum absolute atomic E-state index is 0.198. The molecule has 0 saturated heterocycles. The van der Waals surface area contributed by atoms with Gasteiger partial charge in [0.2, 0.25) is 0 Å². The zero-order valence-electron chi connectivity index (χ0n) is 20.5. The van der Waals surface area contributed by atoms with E-state index in [2.05, 4.69) is 0 Å². The van der Waals surface area contributed by atoms with Crippen molar-refractivity contribution in [1.29, 1.82) is 0 Å². The van der Waals surface area contributed by atoms with E-state index < -0.39 is 21.4 Å². The number of alkyl halides is 3. The van der Waals surface area contributed by atoms with E-state index in [1.807, 2.05) is 83.4 Å². The van der Waals surface area contributed by atoms with E-state index in [-0.39, 0.29) is 5.56 Å². The molecule has 198 valence electrons. The minimum atomic E-state index is -5.95. The van der Waals surface area contributed by atoms with Crippen molar-refractivity contribution in [1.82, 2.24) is 4.57 Å². The molecule has 0 atom stereocenters. The average Bonchev–Trinajstić information content (AvgIpc) is 3.47. The van der Waals surface area contributed by atoms with Crippen LogP contribution < -0.4 is 4.18 Å². The van der Waals surface area contributed by atoms with E-state index >= 15 is 0 Å². The lowest BCUT2D eigenvalue weighted by atomic mass is 9.99. The first-order chi connectivity index (χ1) is 19.2. The van der Waals surface area contributed by atoms with Crippen LogP contribution in [0.15, 0.2) is 114 Å². The number of hydrogen-bond donors (Lipinski definition) is 0. The van der Waals surface area contributed by atoms with Gasteiger partial charge in [0.15, 0.2) is 5.75 Å². The Labute approximate surface area is 225 Å². The van der Waals surface area contributed by atoms with Gasteiger partial charge in [0.05, 0.1) is 11.0 Å².